The second-order valence-corrected chi connectivity index (χ2v) is 9.83. The molecular weight excluding hydrogens is 493 g/mol. The zero-order valence-electron chi connectivity index (χ0n) is 19.9. The smallest absolute Gasteiger partial charge is 0.416 e. The first-order chi connectivity index (χ1) is 17.7. The number of cyclic esters (lactones) is 1. The lowest BCUT2D eigenvalue weighted by atomic mass is 9.66. The molecule has 3 saturated heterocycles. The van der Waals surface area contributed by atoms with E-state index in [1.807, 2.05) is 0 Å². The van der Waals surface area contributed by atoms with Crippen LogP contribution in [-0.2, 0) is 25.5 Å². The maximum absolute atomic E-state index is 16.2. The third kappa shape index (κ3) is 3.18. The number of hydrogen-bond donors (Lipinski definition) is 3. The number of nitrogens with zero attached hydrogens (tertiary/aromatic N) is 3. The van der Waals surface area contributed by atoms with Gasteiger partial charge in [-0.2, -0.15) is 0 Å². The lowest BCUT2D eigenvalue weighted by Crippen LogP contribution is -2.75. The maximum Gasteiger partial charge on any atom is 0.416 e. The van der Waals surface area contributed by atoms with E-state index in [0.717, 1.165) is 0 Å². The van der Waals surface area contributed by atoms with Gasteiger partial charge in [-0.05, 0) is 31.9 Å². The number of ether oxygens (including phenoxy) is 2. The van der Waals surface area contributed by atoms with Gasteiger partial charge in [0.2, 0.25) is 17.4 Å². The van der Waals surface area contributed by atoms with E-state index in [9.17, 15) is 24.3 Å². The molecule has 1 aromatic heterocycles. The molecule has 5 heterocycles. The average Bonchev–Trinajstić information content (AvgIpc) is 3.40. The number of rotatable bonds is 3. The van der Waals surface area contributed by atoms with Crippen molar-refractivity contribution in [1.29, 1.82) is 0 Å². The Labute approximate surface area is 208 Å². The van der Waals surface area contributed by atoms with E-state index in [1.54, 1.807) is 24.8 Å². The van der Waals surface area contributed by atoms with Crippen molar-refractivity contribution in [1.82, 2.24) is 15.8 Å². The van der Waals surface area contributed by atoms with Crippen molar-refractivity contribution < 1.29 is 42.7 Å². The normalized spacial score (nSPS) is 28.8. The summed E-state index contributed by atoms with van der Waals surface area (Å²) in [6.07, 6.45) is -1.77. The topological polar surface area (TPSA) is 164 Å². The Bertz CT molecular complexity index is 1340. The number of barbiturate groups is 1. The van der Waals surface area contributed by atoms with Gasteiger partial charge in [-0.25, -0.2) is 14.0 Å². The number of amides is 5. The Morgan fingerprint density at radius 2 is 1.95 bits per heavy atom. The van der Waals surface area contributed by atoms with Gasteiger partial charge in [-0.15, -0.1) is 0 Å². The highest BCUT2D eigenvalue weighted by Gasteiger charge is 2.63. The molecule has 13 nitrogen and oxygen atoms in total. The molecule has 0 radical (unpaired) electrons. The summed E-state index contributed by atoms with van der Waals surface area (Å²) in [6.45, 7) is 3.46. The van der Waals surface area contributed by atoms with Gasteiger partial charge in [0, 0.05) is 19.6 Å². The summed E-state index contributed by atoms with van der Waals surface area (Å²) >= 11 is 0. The molecule has 6 rings (SSSR count). The van der Waals surface area contributed by atoms with Crippen LogP contribution in [0.15, 0.2) is 10.6 Å². The minimum Gasteiger partial charge on any atom is -0.447 e. The molecule has 2 aromatic rings. The van der Waals surface area contributed by atoms with Gasteiger partial charge in [-0.1, -0.05) is 5.16 Å². The minimum atomic E-state index is -1.79. The Morgan fingerprint density at radius 3 is 2.65 bits per heavy atom. The molecule has 5 amide bonds. The molecule has 4 aliphatic rings. The molecule has 0 aliphatic carbocycles. The fourth-order valence-corrected chi connectivity index (χ4v) is 6.19. The average molecular weight is 517 g/mol. The molecule has 0 unspecified atom stereocenters. The Hall–Kier alpha value is -3.78. The molecule has 1 aromatic carbocycles. The number of nitrogens with one attached hydrogen (secondary N) is 2. The summed E-state index contributed by atoms with van der Waals surface area (Å²) < 4.78 is 32.6. The van der Waals surface area contributed by atoms with Gasteiger partial charge in [0.05, 0.1) is 35.4 Å². The molecule has 0 saturated carbocycles. The highest BCUT2D eigenvalue weighted by Crippen LogP contribution is 2.50. The number of halogens is 1. The van der Waals surface area contributed by atoms with Crippen LogP contribution < -0.4 is 20.4 Å². The minimum absolute atomic E-state index is 0.00487. The van der Waals surface area contributed by atoms with E-state index in [0.29, 0.717) is 5.56 Å². The number of aliphatic hydroxyl groups excluding tert-OH is 1. The zero-order valence-corrected chi connectivity index (χ0v) is 19.9. The lowest BCUT2D eigenvalue weighted by Gasteiger charge is -2.55. The van der Waals surface area contributed by atoms with E-state index in [4.69, 9.17) is 14.0 Å². The molecule has 4 atom stereocenters. The van der Waals surface area contributed by atoms with Crippen LogP contribution in [0.4, 0.5) is 25.5 Å². The number of carbonyl (C=O) groups is 4. The van der Waals surface area contributed by atoms with Crippen LogP contribution in [0.2, 0.25) is 0 Å². The van der Waals surface area contributed by atoms with Crippen LogP contribution in [0.5, 0.6) is 0 Å². The van der Waals surface area contributed by atoms with Crippen LogP contribution in [0.25, 0.3) is 11.0 Å². The first-order valence-electron chi connectivity index (χ1n) is 11.9. The molecule has 0 bridgehead atoms. The predicted molar refractivity (Wildman–Crippen MR) is 122 cm³/mol. The van der Waals surface area contributed by atoms with E-state index in [-0.39, 0.29) is 61.2 Å². The Morgan fingerprint density at radius 1 is 1.22 bits per heavy atom. The zero-order chi connectivity index (χ0) is 26.2. The van der Waals surface area contributed by atoms with Crippen LogP contribution in [-0.4, -0.2) is 78.3 Å². The van der Waals surface area contributed by atoms with Crippen LogP contribution in [0.1, 0.15) is 25.8 Å². The molecule has 4 aliphatic heterocycles. The van der Waals surface area contributed by atoms with E-state index >= 15 is 4.39 Å². The van der Waals surface area contributed by atoms with E-state index in [1.165, 1.54) is 4.90 Å². The number of hydrogen-bond acceptors (Lipinski definition) is 10. The van der Waals surface area contributed by atoms with Crippen LogP contribution in [0.3, 0.4) is 0 Å². The standard InChI is InChI=1S/C23H24FN5O8/c1-9-7-28-15-11(6-23(17(28)10(2)36-9)19(31)25-21(33)26-20(23)32)5-13-16(14(15)24)37-27-18(13)29-12(3-4-30)8-35-22(29)34/h5,9-10,12,17,30H,3-4,6-8H2,1-2H3,(H2,25,26,31,32,33)/t9-,10+,12+,17-/m1/s1. The summed E-state index contributed by atoms with van der Waals surface area (Å²) in [6, 6.07) is -0.842. The van der Waals surface area contributed by atoms with Gasteiger partial charge < -0.3 is 24.0 Å². The van der Waals surface area contributed by atoms with Crippen molar-refractivity contribution in [3.8, 4) is 0 Å². The summed E-state index contributed by atoms with van der Waals surface area (Å²) in [4.78, 5) is 53.8. The SMILES string of the molecule is C[C@@H]1CN2c3c(cc4c(N5C(=O)OC[C@@H]5CCO)noc4c3F)CC3(C(=O)NC(=O)NC3=O)[C@H]2[C@H](C)O1. The third-order valence-corrected chi connectivity index (χ3v) is 7.60. The number of aliphatic hydroxyl groups is 1. The van der Waals surface area contributed by atoms with Gasteiger partial charge in [0.15, 0.2) is 17.1 Å². The number of imide groups is 2. The lowest BCUT2D eigenvalue weighted by molar-refractivity contribution is -0.153. The Balaban J connectivity index is 1.55. The van der Waals surface area contributed by atoms with Crippen LogP contribution >= 0.6 is 0 Å². The quantitative estimate of drug-likeness (QED) is 0.490. The molecule has 3 fully saturated rings. The first kappa shape index (κ1) is 23.6. The van der Waals surface area contributed by atoms with E-state index in [2.05, 4.69) is 15.8 Å². The second kappa shape index (κ2) is 8.11. The second-order valence-electron chi connectivity index (χ2n) is 9.83. The van der Waals surface area contributed by atoms with Gasteiger partial charge in [0.1, 0.15) is 6.61 Å². The maximum atomic E-state index is 16.2. The molecule has 196 valence electrons. The highest BCUT2D eigenvalue weighted by molar-refractivity contribution is 6.20. The fraction of sp³-hybridized carbons (Fsp3) is 0.522. The number of carbonyl (C=O) groups excluding carboxylic acids is 4. The van der Waals surface area contributed by atoms with Gasteiger partial charge >= 0.3 is 12.1 Å². The van der Waals surface area contributed by atoms with Crippen molar-refractivity contribution in [2.75, 3.05) is 29.6 Å². The number of benzene rings is 1. The molecule has 37 heavy (non-hydrogen) atoms. The molecule has 14 heteroatoms. The summed E-state index contributed by atoms with van der Waals surface area (Å²) in [5, 5.41) is 17.9. The molecule has 3 N–H and O–H groups in total. The van der Waals surface area contributed by atoms with Gasteiger partial charge in [0.25, 0.3) is 0 Å². The fourth-order valence-electron chi connectivity index (χ4n) is 6.19. The summed E-state index contributed by atoms with van der Waals surface area (Å²) in [5.74, 6) is -2.36. The third-order valence-electron chi connectivity index (χ3n) is 7.60. The van der Waals surface area contributed by atoms with Crippen LogP contribution in [0, 0.1) is 11.2 Å². The highest BCUT2D eigenvalue weighted by atomic mass is 19.1. The summed E-state index contributed by atoms with van der Waals surface area (Å²) in [7, 11) is 0. The predicted octanol–water partition coefficient (Wildman–Crippen LogP) is 0.565. The first-order valence-corrected chi connectivity index (χ1v) is 11.9. The number of anilines is 2. The monoisotopic (exact) mass is 517 g/mol. The van der Waals surface area contributed by atoms with Gasteiger partial charge in [-0.3, -0.25) is 25.1 Å². The molecular formula is C23H24FN5O8. The number of urea groups is 1. The summed E-state index contributed by atoms with van der Waals surface area (Å²) in [5.41, 5.74) is -1.55. The van der Waals surface area contributed by atoms with Crippen molar-refractivity contribution in [2.45, 2.75) is 51.0 Å². The van der Waals surface area contributed by atoms with Crippen molar-refractivity contribution in [3.63, 3.8) is 0 Å². The largest absolute Gasteiger partial charge is 0.447 e. The number of aromatic nitrogens is 1. The number of fused-ring (bicyclic) bond motifs is 5. The molecule has 1 spiro atoms. The van der Waals surface area contributed by atoms with Crippen molar-refractivity contribution >= 4 is 46.4 Å². The van der Waals surface area contributed by atoms with Crippen molar-refractivity contribution in [2.24, 2.45) is 5.41 Å². The number of morpholine rings is 1. The van der Waals surface area contributed by atoms with E-state index < -0.39 is 53.4 Å². The van der Waals surface area contributed by atoms with Crippen molar-refractivity contribution in [3.05, 3.63) is 17.4 Å². The Kier molecular flexibility index (Phi) is 5.18.